The predicted octanol–water partition coefficient (Wildman–Crippen LogP) is 1.46. The highest BCUT2D eigenvalue weighted by molar-refractivity contribution is 5.78. The lowest BCUT2D eigenvalue weighted by molar-refractivity contribution is 0.0484. The van der Waals surface area contributed by atoms with Crippen molar-refractivity contribution in [2.45, 2.75) is 39.2 Å². The van der Waals surface area contributed by atoms with Crippen LogP contribution in [0.2, 0.25) is 0 Å². The molecule has 0 aromatic heterocycles. The maximum atomic E-state index is 5.96. The number of ether oxygens (including phenoxy) is 1. The molecule has 1 saturated heterocycles. The summed E-state index contributed by atoms with van der Waals surface area (Å²) in [5.74, 6) is 1.21. The number of nitrogens with zero attached hydrogens (tertiary/aromatic N) is 2. The first kappa shape index (κ1) is 13.3. The van der Waals surface area contributed by atoms with Gasteiger partial charge < -0.3 is 15.4 Å². The molecule has 1 aliphatic heterocycles. The van der Waals surface area contributed by atoms with Gasteiger partial charge in [0.2, 0.25) is 0 Å². The number of guanidine groups is 1. The van der Waals surface area contributed by atoms with Crippen molar-refractivity contribution in [2.24, 2.45) is 16.6 Å². The van der Waals surface area contributed by atoms with E-state index in [1.807, 2.05) is 11.9 Å². The zero-order valence-electron chi connectivity index (χ0n) is 11.0. The molecule has 0 amide bonds. The van der Waals surface area contributed by atoms with E-state index in [2.05, 4.69) is 25.8 Å². The molecule has 1 rings (SSSR count). The lowest BCUT2D eigenvalue weighted by atomic mass is 10.0. The number of hydrogen-bond acceptors (Lipinski definition) is 2. The van der Waals surface area contributed by atoms with Crippen molar-refractivity contribution in [2.75, 3.05) is 26.8 Å². The number of nitrogens with two attached hydrogens (primary N) is 1. The molecule has 4 heteroatoms. The lowest BCUT2D eigenvalue weighted by Crippen LogP contribution is -2.40. The summed E-state index contributed by atoms with van der Waals surface area (Å²) < 4.78 is 5.46. The van der Waals surface area contributed by atoms with E-state index >= 15 is 0 Å². The van der Waals surface area contributed by atoms with Crippen molar-refractivity contribution >= 4 is 5.96 Å². The minimum absolute atomic E-state index is 0.110. The van der Waals surface area contributed by atoms with Crippen LogP contribution in [0.5, 0.6) is 0 Å². The van der Waals surface area contributed by atoms with Gasteiger partial charge in [0.05, 0.1) is 12.1 Å². The predicted molar refractivity (Wildman–Crippen MR) is 67.5 cm³/mol. The first-order valence-electron chi connectivity index (χ1n) is 6.03. The lowest BCUT2D eigenvalue weighted by Gasteiger charge is -2.28. The standard InChI is InChI=1S/C12H25N3O/c1-12(2,3)14-11(13)15(4)8-10-6-5-7-16-9-10/h10H,5-9H2,1-4H3,(H2,13,14). The van der Waals surface area contributed by atoms with Gasteiger partial charge in [-0.3, -0.25) is 0 Å². The fraction of sp³-hybridized carbons (Fsp3) is 0.917. The first-order valence-corrected chi connectivity index (χ1v) is 6.03. The molecule has 1 unspecified atom stereocenters. The van der Waals surface area contributed by atoms with Gasteiger partial charge in [-0.25, -0.2) is 4.99 Å². The van der Waals surface area contributed by atoms with Crippen molar-refractivity contribution in [1.82, 2.24) is 4.90 Å². The Morgan fingerprint density at radius 1 is 1.50 bits per heavy atom. The Morgan fingerprint density at radius 3 is 2.69 bits per heavy atom. The summed E-state index contributed by atoms with van der Waals surface area (Å²) in [6, 6.07) is 0. The SMILES string of the molecule is CN(CC1CCCOC1)C(N)=NC(C)(C)C. The molecule has 94 valence electrons. The van der Waals surface area contributed by atoms with Crippen LogP contribution in [0.3, 0.4) is 0 Å². The fourth-order valence-corrected chi connectivity index (χ4v) is 1.86. The third-order valence-corrected chi connectivity index (χ3v) is 2.63. The van der Waals surface area contributed by atoms with Gasteiger partial charge in [0.1, 0.15) is 0 Å². The zero-order chi connectivity index (χ0) is 12.2. The van der Waals surface area contributed by atoms with Crippen LogP contribution in [0, 0.1) is 5.92 Å². The van der Waals surface area contributed by atoms with Gasteiger partial charge in [0.25, 0.3) is 0 Å². The molecule has 1 fully saturated rings. The Kier molecular flexibility index (Phi) is 4.59. The van der Waals surface area contributed by atoms with Crippen LogP contribution < -0.4 is 5.73 Å². The normalized spacial score (nSPS) is 23.2. The molecule has 0 radical (unpaired) electrons. The molecule has 0 aromatic rings. The van der Waals surface area contributed by atoms with Gasteiger partial charge in [0, 0.05) is 20.2 Å². The molecular weight excluding hydrogens is 202 g/mol. The largest absolute Gasteiger partial charge is 0.381 e. The average molecular weight is 227 g/mol. The Bertz CT molecular complexity index is 239. The summed E-state index contributed by atoms with van der Waals surface area (Å²) in [7, 11) is 2.00. The summed E-state index contributed by atoms with van der Waals surface area (Å²) in [6.45, 7) is 8.86. The smallest absolute Gasteiger partial charge is 0.191 e. The van der Waals surface area contributed by atoms with Crippen molar-refractivity contribution in [3.8, 4) is 0 Å². The van der Waals surface area contributed by atoms with Crippen molar-refractivity contribution in [3.05, 3.63) is 0 Å². The molecule has 4 nitrogen and oxygen atoms in total. The second-order valence-electron chi connectivity index (χ2n) is 5.60. The summed E-state index contributed by atoms with van der Waals surface area (Å²) in [5.41, 5.74) is 5.85. The van der Waals surface area contributed by atoms with E-state index in [0.717, 1.165) is 26.2 Å². The van der Waals surface area contributed by atoms with E-state index < -0.39 is 0 Å². The number of aliphatic imine (C=N–C) groups is 1. The van der Waals surface area contributed by atoms with Crippen LogP contribution in [0.1, 0.15) is 33.6 Å². The van der Waals surface area contributed by atoms with E-state index in [1.165, 1.54) is 6.42 Å². The van der Waals surface area contributed by atoms with Crippen LogP contribution >= 0.6 is 0 Å². The van der Waals surface area contributed by atoms with E-state index in [9.17, 15) is 0 Å². The van der Waals surface area contributed by atoms with Gasteiger partial charge in [0.15, 0.2) is 5.96 Å². The maximum Gasteiger partial charge on any atom is 0.191 e. The van der Waals surface area contributed by atoms with Crippen molar-refractivity contribution in [1.29, 1.82) is 0 Å². The van der Waals surface area contributed by atoms with Crippen LogP contribution in [-0.4, -0.2) is 43.2 Å². The topological polar surface area (TPSA) is 50.9 Å². The molecule has 1 heterocycles. The number of hydrogen-bond donors (Lipinski definition) is 1. The van der Waals surface area contributed by atoms with E-state index in [0.29, 0.717) is 11.9 Å². The highest BCUT2D eigenvalue weighted by Crippen LogP contribution is 2.14. The second kappa shape index (κ2) is 5.53. The van der Waals surface area contributed by atoms with Gasteiger partial charge >= 0.3 is 0 Å². The third-order valence-electron chi connectivity index (χ3n) is 2.63. The monoisotopic (exact) mass is 227 g/mol. The van der Waals surface area contributed by atoms with Crippen LogP contribution in [-0.2, 0) is 4.74 Å². The van der Waals surface area contributed by atoms with Crippen molar-refractivity contribution in [3.63, 3.8) is 0 Å². The molecule has 0 bridgehead atoms. The van der Waals surface area contributed by atoms with Gasteiger partial charge in [-0.2, -0.15) is 0 Å². The molecule has 0 spiro atoms. The van der Waals surface area contributed by atoms with Crippen molar-refractivity contribution < 1.29 is 4.74 Å². The summed E-state index contributed by atoms with van der Waals surface area (Å²) in [6.07, 6.45) is 2.39. The molecule has 16 heavy (non-hydrogen) atoms. The average Bonchev–Trinajstić information content (AvgIpc) is 2.16. The highest BCUT2D eigenvalue weighted by atomic mass is 16.5. The van der Waals surface area contributed by atoms with Crippen LogP contribution in [0.15, 0.2) is 4.99 Å². The Balaban J connectivity index is 2.44. The Hall–Kier alpha value is -0.770. The quantitative estimate of drug-likeness (QED) is 0.574. The highest BCUT2D eigenvalue weighted by Gasteiger charge is 2.17. The summed E-state index contributed by atoms with van der Waals surface area (Å²) >= 11 is 0. The summed E-state index contributed by atoms with van der Waals surface area (Å²) in [4.78, 5) is 6.49. The van der Waals surface area contributed by atoms with Gasteiger partial charge in [-0.1, -0.05) is 0 Å². The van der Waals surface area contributed by atoms with E-state index in [4.69, 9.17) is 10.5 Å². The second-order valence-corrected chi connectivity index (χ2v) is 5.60. The zero-order valence-corrected chi connectivity index (χ0v) is 11.0. The van der Waals surface area contributed by atoms with Gasteiger partial charge in [-0.15, -0.1) is 0 Å². The maximum absolute atomic E-state index is 5.96. The fourth-order valence-electron chi connectivity index (χ4n) is 1.86. The molecule has 0 saturated carbocycles. The molecular formula is C12H25N3O. The first-order chi connectivity index (χ1) is 7.38. The molecule has 1 aliphatic rings. The van der Waals surface area contributed by atoms with Gasteiger partial charge in [-0.05, 0) is 39.5 Å². The minimum Gasteiger partial charge on any atom is -0.381 e. The number of rotatable bonds is 2. The Labute approximate surface area is 98.9 Å². The Morgan fingerprint density at radius 2 is 2.19 bits per heavy atom. The molecule has 2 N–H and O–H groups in total. The van der Waals surface area contributed by atoms with E-state index in [-0.39, 0.29) is 5.54 Å². The van der Waals surface area contributed by atoms with Crippen LogP contribution in [0.25, 0.3) is 0 Å². The molecule has 1 atom stereocenters. The van der Waals surface area contributed by atoms with E-state index in [1.54, 1.807) is 0 Å². The molecule has 0 aliphatic carbocycles. The van der Waals surface area contributed by atoms with Crippen LogP contribution in [0.4, 0.5) is 0 Å². The summed E-state index contributed by atoms with van der Waals surface area (Å²) in [5, 5.41) is 0. The molecule has 0 aromatic carbocycles. The minimum atomic E-state index is -0.110. The third kappa shape index (κ3) is 4.84.